The standard InChI is InChI=1S/C20H24N6O3S/c1-24-17-10-21-19-15(18(17)26(20(24)27)14-6-4-3-5-7-14)8-16(23-19)13-9-22-25(11-13)12-30(2,28)29/h8-11,14H,3-7,12H2,1-2H3,(H,21,23). The van der Waals surface area contributed by atoms with E-state index in [9.17, 15) is 13.2 Å². The Balaban J connectivity index is 1.67. The van der Waals surface area contributed by atoms with Gasteiger partial charge in [0.1, 0.15) is 11.5 Å². The molecule has 1 aliphatic rings. The second-order valence-electron chi connectivity index (χ2n) is 8.26. The highest BCUT2D eigenvalue weighted by Gasteiger charge is 2.24. The third-order valence-corrected chi connectivity index (χ3v) is 6.69. The molecule has 1 aliphatic carbocycles. The van der Waals surface area contributed by atoms with E-state index in [2.05, 4.69) is 15.1 Å². The lowest BCUT2D eigenvalue weighted by molar-refractivity contribution is 0.351. The Bertz CT molecular complexity index is 1420. The minimum Gasteiger partial charge on any atom is -0.339 e. The van der Waals surface area contributed by atoms with Crippen molar-refractivity contribution in [2.24, 2.45) is 7.05 Å². The molecule has 0 bridgehead atoms. The monoisotopic (exact) mass is 428 g/mol. The zero-order valence-corrected chi connectivity index (χ0v) is 17.8. The summed E-state index contributed by atoms with van der Waals surface area (Å²) in [5.41, 5.74) is 3.98. The molecule has 0 spiro atoms. The van der Waals surface area contributed by atoms with Crippen molar-refractivity contribution >= 4 is 31.9 Å². The summed E-state index contributed by atoms with van der Waals surface area (Å²) >= 11 is 0. The average molecular weight is 429 g/mol. The van der Waals surface area contributed by atoms with Crippen LogP contribution in [0.1, 0.15) is 38.1 Å². The Morgan fingerprint density at radius 2 is 1.97 bits per heavy atom. The summed E-state index contributed by atoms with van der Waals surface area (Å²) in [4.78, 5) is 20.9. The molecule has 4 aromatic heterocycles. The van der Waals surface area contributed by atoms with E-state index in [-0.39, 0.29) is 17.6 Å². The fourth-order valence-electron chi connectivity index (χ4n) is 4.56. The molecule has 0 unspecified atom stereocenters. The molecular formula is C20H24N6O3S. The molecule has 4 heterocycles. The Hall–Kier alpha value is -2.88. The smallest absolute Gasteiger partial charge is 0.329 e. The number of hydrogen-bond acceptors (Lipinski definition) is 5. The number of aryl methyl sites for hydroxylation is 1. The molecule has 0 atom stereocenters. The van der Waals surface area contributed by atoms with Crippen LogP contribution in [0, 0.1) is 0 Å². The van der Waals surface area contributed by atoms with E-state index >= 15 is 0 Å². The molecule has 0 aliphatic heterocycles. The third-order valence-electron chi connectivity index (χ3n) is 5.96. The number of sulfone groups is 1. The minimum atomic E-state index is -3.18. The van der Waals surface area contributed by atoms with Gasteiger partial charge in [-0.3, -0.25) is 13.8 Å². The van der Waals surface area contributed by atoms with Crippen molar-refractivity contribution < 1.29 is 8.42 Å². The molecule has 1 N–H and O–H groups in total. The van der Waals surface area contributed by atoms with E-state index in [4.69, 9.17) is 0 Å². The first-order valence-corrected chi connectivity index (χ1v) is 12.2. The van der Waals surface area contributed by atoms with Crippen LogP contribution in [0.4, 0.5) is 0 Å². The van der Waals surface area contributed by atoms with E-state index in [1.165, 1.54) is 17.4 Å². The summed E-state index contributed by atoms with van der Waals surface area (Å²) in [7, 11) is -1.39. The average Bonchev–Trinajstić information content (AvgIpc) is 3.39. The molecule has 0 saturated heterocycles. The van der Waals surface area contributed by atoms with Crippen LogP contribution >= 0.6 is 0 Å². The number of nitrogens with zero attached hydrogens (tertiary/aromatic N) is 5. The molecule has 30 heavy (non-hydrogen) atoms. The molecule has 4 aromatic rings. The summed E-state index contributed by atoms with van der Waals surface area (Å²) in [5, 5.41) is 5.05. The molecule has 158 valence electrons. The molecule has 1 saturated carbocycles. The van der Waals surface area contributed by atoms with Gasteiger partial charge in [-0.1, -0.05) is 19.3 Å². The van der Waals surface area contributed by atoms with Crippen LogP contribution in [-0.2, 0) is 22.8 Å². The fourth-order valence-corrected chi connectivity index (χ4v) is 5.18. The van der Waals surface area contributed by atoms with Gasteiger partial charge in [0, 0.05) is 36.5 Å². The molecule has 5 rings (SSSR count). The Morgan fingerprint density at radius 1 is 1.20 bits per heavy atom. The van der Waals surface area contributed by atoms with Crippen LogP contribution in [0.2, 0.25) is 0 Å². The highest BCUT2D eigenvalue weighted by atomic mass is 32.2. The Kier molecular flexibility index (Phi) is 4.35. The summed E-state index contributed by atoms with van der Waals surface area (Å²) < 4.78 is 28.1. The van der Waals surface area contributed by atoms with Crippen molar-refractivity contribution in [2.75, 3.05) is 6.26 Å². The number of pyridine rings is 1. The Labute approximate surface area is 173 Å². The lowest BCUT2D eigenvalue weighted by Gasteiger charge is -2.23. The maximum atomic E-state index is 13.1. The first kappa shape index (κ1) is 19.1. The van der Waals surface area contributed by atoms with Crippen LogP contribution in [0.15, 0.2) is 29.5 Å². The zero-order valence-electron chi connectivity index (χ0n) is 17.0. The van der Waals surface area contributed by atoms with Gasteiger partial charge in [-0.25, -0.2) is 18.2 Å². The van der Waals surface area contributed by atoms with Gasteiger partial charge in [0.05, 0.1) is 29.1 Å². The number of imidazole rings is 1. The summed E-state index contributed by atoms with van der Waals surface area (Å²) in [5.74, 6) is -0.171. The minimum absolute atomic E-state index is 0.00470. The second-order valence-corrected chi connectivity index (χ2v) is 10.4. The van der Waals surface area contributed by atoms with Crippen molar-refractivity contribution in [3.8, 4) is 11.3 Å². The van der Waals surface area contributed by atoms with Crippen LogP contribution in [-0.4, -0.2) is 43.6 Å². The van der Waals surface area contributed by atoms with E-state index in [1.54, 1.807) is 30.2 Å². The number of H-pyrrole nitrogens is 1. The van der Waals surface area contributed by atoms with Gasteiger partial charge in [0.15, 0.2) is 9.84 Å². The van der Waals surface area contributed by atoms with E-state index in [0.29, 0.717) is 5.65 Å². The van der Waals surface area contributed by atoms with Gasteiger partial charge in [0.2, 0.25) is 0 Å². The van der Waals surface area contributed by atoms with Crippen LogP contribution in [0.25, 0.3) is 33.3 Å². The van der Waals surface area contributed by atoms with Gasteiger partial charge >= 0.3 is 5.69 Å². The fraction of sp³-hybridized carbons (Fsp3) is 0.450. The SMILES string of the molecule is Cn1c(=O)n(C2CCCCC2)c2c3cc(-c4cnn(CS(C)(=O)=O)c4)[nH]c3ncc21. The van der Waals surface area contributed by atoms with Gasteiger partial charge in [0.25, 0.3) is 0 Å². The van der Waals surface area contributed by atoms with E-state index < -0.39 is 9.84 Å². The second kappa shape index (κ2) is 6.83. The maximum Gasteiger partial charge on any atom is 0.329 e. The van der Waals surface area contributed by atoms with Crippen molar-refractivity contribution in [1.29, 1.82) is 0 Å². The zero-order chi connectivity index (χ0) is 21.0. The van der Waals surface area contributed by atoms with Crippen molar-refractivity contribution in [2.45, 2.75) is 44.0 Å². The van der Waals surface area contributed by atoms with Gasteiger partial charge < -0.3 is 4.98 Å². The third kappa shape index (κ3) is 3.15. The molecule has 0 amide bonds. The van der Waals surface area contributed by atoms with Crippen molar-refractivity contribution in [3.05, 3.63) is 35.1 Å². The summed E-state index contributed by atoms with van der Waals surface area (Å²) in [6, 6.07) is 2.18. The summed E-state index contributed by atoms with van der Waals surface area (Å²) in [6.07, 6.45) is 11.8. The number of rotatable bonds is 4. The topological polar surface area (TPSA) is 108 Å². The number of nitrogens with one attached hydrogen (secondary N) is 1. The molecular weight excluding hydrogens is 404 g/mol. The van der Waals surface area contributed by atoms with E-state index in [1.807, 2.05) is 10.6 Å². The molecule has 0 radical (unpaired) electrons. The highest BCUT2D eigenvalue weighted by Crippen LogP contribution is 2.33. The van der Waals surface area contributed by atoms with Gasteiger partial charge in [-0.05, 0) is 18.9 Å². The molecule has 0 aromatic carbocycles. The lowest BCUT2D eigenvalue weighted by Crippen LogP contribution is -2.27. The Morgan fingerprint density at radius 3 is 2.70 bits per heavy atom. The number of fused-ring (bicyclic) bond motifs is 3. The van der Waals surface area contributed by atoms with Crippen LogP contribution < -0.4 is 5.69 Å². The lowest BCUT2D eigenvalue weighted by atomic mass is 9.95. The largest absolute Gasteiger partial charge is 0.339 e. The highest BCUT2D eigenvalue weighted by molar-refractivity contribution is 7.89. The van der Waals surface area contributed by atoms with Crippen molar-refractivity contribution in [3.63, 3.8) is 0 Å². The summed E-state index contributed by atoms with van der Waals surface area (Å²) in [6.45, 7) is 0. The molecule has 9 nitrogen and oxygen atoms in total. The number of hydrogen-bond donors (Lipinski definition) is 1. The molecule has 1 fully saturated rings. The first-order chi connectivity index (χ1) is 14.3. The number of aromatic nitrogens is 6. The van der Waals surface area contributed by atoms with E-state index in [0.717, 1.165) is 53.4 Å². The van der Waals surface area contributed by atoms with Crippen LogP contribution in [0.3, 0.4) is 0 Å². The maximum absolute atomic E-state index is 13.1. The number of aromatic amines is 1. The van der Waals surface area contributed by atoms with Gasteiger partial charge in [-0.15, -0.1) is 0 Å². The van der Waals surface area contributed by atoms with Crippen LogP contribution in [0.5, 0.6) is 0 Å². The first-order valence-electron chi connectivity index (χ1n) is 10.1. The normalized spacial score (nSPS) is 16.1. The van der Waals surface area contributed by atoms with Crippen molar-refractivity contribution in [1.82, 2.24) is 28.9 Å². The quantitative estimate of drug-likeness (QED) is 0.538. The van der Waals surface area contributed by atoms with Gasteiger partial charge in [-0.2, -0.15) is 5.10 Å². The predicted molar refractivity (Wildman–Crippen MR) is 115 cm³/mol. The molecule has 10 heteroatoms. The predicted octanol–water partition coefficient (Wildman–Crippen LogP) is 2.59.